The molecule has 1 aromatic rings. The third kappa shape index (κ3) is 6.02. The van der Waals surface area contributed by atoms with E-state index in [-0.39, 0.29) is 42.0 Å². The van der Waals surface area contributed by atoms with Crippen molar-refractivity contribution in [1.82, 2.24) is 5.32 Å². The molecule has 0 saturated heterocycles. The van der Waals surface area contributed by atoms with Crippen molar-refractivity contribution in [3.63, 3.8) is 0 Å². The van der Waals surface area contributed by atoms with Crippen molar-refractivity contribution in [3.8, 4) is 0 Å². The van der Waals surface area contributed by atoms with Gasteiger partial charge in [-0.25, -0.2) is 4.39 Å². The SMILES string of the molecule is CCC(N)(CC)CNC(=O)CC(C)c1ccccc1F.Cl. The number of rotatable bonds is 7. The zero-order chi connectivity index (χ0) is 15.2. The molecule has 0 bridgehead atoms. The Morgan fingerprint density at radius 2 is 1.90 bits per heavy atom. The first-order chi connectivity index (χ1) is 9.41. The summed E-state index contributed by atoms with van der Waals surface area (Å²) in [4.78, 5) is 11.9. The average molecular weight is 317 g/mol. The molecule has 0 aliphatic carbocycles. The van der Waals surface area contributed by atoms with E-state index in [0.29, 0.717) is 12.1 Å². The van der Waals surface area contributed by atoms with Crippen LogP contribution >= 0.6 is 12.4 Å². The summed E-state index contributed by atoms with van der Waals surface area (Å²) in [6, 6.07) is 6.57. The smallest absolute Gasteiger partial charge is 0.220 e. The Balaban J connectivity index is 0.00000400. The molecular weight excluding hydrogens is 291 g/mol. The fourth-order valence-corrected chi connectivity index (χ4v) is 2.11. The number of nitrogens with two attached hydrogens (primary N) is 1. The highest BCUT2D eigenvalue weighted by Gasteiger charge is 2.22. The predicted octanol–water partition coefficient (Wildman–Crippen LogP) is 3.37. The molecule has 1 aromatic carbocycles. The fraction of sp³-hybridized carbons (Fsp3) is 0.562. The van der Waals surface area contributed by atoms with Crippen molar-refractivity contribution in [2.45, 2.75) is 51.5 Å². The molecular formula is C16H26ClFN2O. The number of amides is 1. The van der Waals surface area contributed by atoms with Gasteiger partial charge in [0.15, 0.2) is 0 Å². The number of hydrogen-bond donors (Lipinski definition) is 2. The standard InChI is InChI=1S/C16H25FN2O.ClH/c1-4-16(18,5-2)11-19-15(20)10-12(3)13-8-6-7-9-14(13)17;/h6-9,12H,4-5,10-11,18H2,1-3H3,(H,19,20);1H. The summed E-state index contributed by atoms with van der Waals surface area (Å²) < 4.78 is 13.6. The molecule has 0 saturated carbocycles. The Morgan fingerprint density at radius 3 is 2.43 bits per heavy atom. The molecule has 0 aliphatic heterocycles. The quantitative estimate of drug-likeness (QED) is 0.810. The third-order valence-corrected chi connectivity index (χ3v) is 3.97. The van der Waals surface area contributed by atoms with Crippen LogP contribution in [0, 0.1) is 5.82 Å². The molecule has 0 aromatic heterocycles. The molecule has 1 amide bonds. The highest BCUT2D eigenvalue weighted by atomic mass is 35.5. The van der Waals surface area contributed by atoms with Gasteiger partial charge >= 0.3 is 0 Å². The van der Waals surface area contributed by atoms with Gasteiger partial charge in [0.2, 0.25) is 5.91 Å². The minimum absolute atomic E-state index is 0. The largest absolute Gasteiger partial charge is 0.354 e. The van der Waals surface area contributed by atoms with Gasteiger partial charge in [-0.1, -0.05) is 39.0 Å². The molecule has 3 N–H and O–H groups in total. The van der Waals surface area contributed by atoms with Gasteiger partial charge in [0.25, 0.3) is 0 Å². The molecule has 0 heterocycles. The van der Waals surface area contributed by atoms with Crippen LogP contribution in [-0.4, -0.2) is 18.0 Å². The summed E-state index contributed by atoms with van der Waals surface area (Å²) >= 11 is 0. The Labute approximate surface area is 132 Å². The number of carbonyl (C=O) groups is 1. The van der Waals surface area contributed by atoms with E-state index < -0.39 is 0 Å². The molecule has 0 spiro atoms. The Hall–Kier alpha value is -1.13. The van der Waals surface area contributed by atoms with Gasteiger partial charge in [-0.15, -0.1) is 12.4 Å². The molecule has 0 radical (unpaired) electrons. The van der Waals surface area contributed by atoms with Crippen LogP contribution in [-0.2, 0) is 4.79 Å². The normalized spacial score (nSPS) is 12.4. The monoisotopic (exact) mass is 316 g/mol. The zero-order valence-corrected chi connectivity index (χ0v) is 13.8. The van der Waals surface area contributed by atoms with Crippen LogP contribution in [0.15, 0.2) is 24.3 Å². The van der Waals surface area contributed by atoms with E-state index in [1.165, 1.54) is 6.07 Å². The number of benzene rings is 1. The van der Waals surface area contributed by atoms with Crippen molar-refractivity contribution in [3.05, 3.63) is 35.6 Å². The third-order valence-electron chi connectivity index (χ3n) is 3.97. The molecule has 0 fully saturated rings. The van der Waals surface area contributed by atoms with Crippen LogP contribution < -0.4 is 11.1 Å². The zero-order valence-electron chi connectivity index (χ0n) is 13.0. The first-order valence-corrected chi connectivity index (χ1v) is 7.22. The van der Waals surface area contributed by atoms with E-state index in [1.807, 2.05) is 20.8 Å². The number of hydrogen-bond acceptors (Lipinski definition) is 2. The summed E-state index contributed by atoms with van der Waals surface area (Å²) in [5.41, 5.74) is 6.36. The lowest BCUT2D eigenvalue weighted by atomic mass is 9.93. The molecule has 120 valence electrons. The number of halogens is 2. The lowest BCUT2D eigenvalue weighted by Gasteiger charge is -2.27. The van der Waals surface area contributed by atoms with Crippen LogP contribution in [0.5, 0.6) is 0 Å². The van der Waals surface area contributed by atoms with Crippen LogP contribution in [0.3, 0.4) is 0 Å². The molecule has 21 heavy (non-hydrogen) atoms. The van der Waals surface area contributed by atoms with Crippen LogP contribution in [0.1, 0.15) is 51.5 Å². The Bertz CT molecular complexity index is 450. The molecule has 1 atom stereocenters. The van der Waals surface area contributed by atoms with Crippen molar-refractivity contribution in [2.75, 3.05) is 6.54 Å². The summed E-state index contributed by atoms with van der Waals surface area (Å²) in [7, 11) is 0. The summed E-state index contributed by atoms with van der Waals surface area (Å²) in [6.45, 7) is 6.34. The maximum Gasteiger partial charge on any atom is 0.220 e. The maximum atomic E-state index is 13.6. The lowest BCUT2D eigenvalue weighted by molar-refractivity contribution is -0.121. The summed E-state index contributed by atoms with van der Waals surface area (Å²) in [5.74, 6) is -0.493. The lowest BCUT2D eigenvalue weighted by Crippen LogP contribution is -2.49. The van der Waals surface area contributed by atoms with Gasteiger partial charge in [-0.2, -0.15) is 0 Å². The van der Waals surface area contributed by atoms with Crippen molar-refractivity contribution in [2.24, 2.45) is 5.73 Å². The van der Waals surface area contributed by atoms with Gasteiger partial charge in [0.05, 0.1) is 0 Å². The van der Waals surface area contributed by atoms with Gasteiger partial charge < -0.3 is 11.1 Å². The second-order valence-corrected chi connectivity index (χ2v) is 5.47. The van der Waals surface area contributed by atoms with Gasteiger partial charge in [-0.05, 0) is 30.4 Å². The van der Waals surface area contributed by atoms with E-state index in [1.54, 1.807) is 18.2 Å². The predicted molar refractivity (Wildman–Crippen MR) is 87.2 cm³/mol. The average Bonchev–Trinajstić information content (AvgIpc) is 2.45. The Morgan fingerprint density at radius 1 is 1.33 bits per heavy atom. The van der Waals surface area contributed by atoms with Crippen molar-refractivity contribution < 1.29 is 9.18 Å². The Kier molecular flexibility index (Phi) is 8.52. The second-order valence-electron chi connectivity index (χ2n) is 5.47. The van der Waals surface area contributed by atoms with E-state index in [4.69, 9.17) is 5.73 Å². The highest BCUT2D eigenvalue weighted by molar-refractivity contribution is 5.85. The van der Waals surface area contributed by atoms with Gasteiger partial charge in [0.1, 0.15) is 5.82 Å². The van der Waals surface area contributed by atoms with E-state index in [2.05, 4.69) is 5.32 Å². The maximum absolute atomic E-state index is 13.6. The fourth-order valence-electron chi connectivity index (χ4n) is 2.11. The van der Waals surface area contributed by atoms with E-state index in [9.17, 15) is 9.18 Å². The molecule has 5 heteroatoms. The highest BCUT2D eigenvalue weighted by Crippen LogP contribution is 2.21. The molecule has 1 rings (SSSR count). The molecule has 1 unspecified atom stereocenters. The van der Waals surface area contributed by atoms with Crippen LogP contribution in [0.2, 0.25) is 0 Å². The minimum Gasteiger partial charge on any atom is -0.354 e. The molecule has 3 nitrogen and oxygen atoms in total. The first-order valence-electron chi connectivity index (χ1n) is 7.22. The minimum atomic E-state index is -0.350. The second kappa shape index (κ2) is 9.00. The topological polar surface area (TPSA) is 55.1 Å². The number of nitrogens with one attached hydrogen (secondary N) is 1. The first kappa shape index (κ1) is 19.9. The van der Waals surface area contributed by atoms with Crippen molar-refractivity contribution in [1.29, 1.82) is 0 Å². The summed E-state index contributed by atoms with van der Waals surface area (Å²) in [5, 5.41) is 2.86. The summed E-state index contributed by atoms with van der Waals surface area (Å²) in [6.07, 6.45) is 1.89. The van der Waals surface area contributed by atoms with E-state index >= 15 is 0 Å². The van der Waals surface area contributed by atoms with Crippen LogP contribution in [0.4, 0.5) is 4.39 Å². The van der Waals surface area contributed by atoms with E-state index in [0.717, 1.165) is 12.8 Å². The molecule has 0 aliphatic rings. The van der Waals surface area contributed by atoms with Crippen LogP contribution in [0.25, 0.3) is 0 Å². The number of carbonyl (C=O) groups excluding carboxylic acids is 1. The van der Waals surface area contributed by atoms with Gasteiger partial charge in [-0.3, -0.25) is 4.79 Å². The van der Waals surface area contributed by atoms with Gasteiger partial charge in [0, 0.05) is 18.5 Å². The van der Waals surface area contributed by atoms with Crippen molar-refractivity contribution >= 4 is 18.3 Å².